The lowest BCUT2D eigenvalue weighted by Gasteiger charge is -2.23. The van der Waals surface area contributed by atoms with Gasteiger partial charge in [-0.2, -0.15) is 0 Å². The molecule has 0 fully saturated rings. The first kappa shape index (κ1) is 50.4. The summed E-state index contributed by atoms with van der Waals surface area (Å²) < 4.78 is 22.0. The molecular formula is C44H75N2O6P. The number of nitrogens with one attached hydrogen (secondary N) is 1. The van der Waals surface area contributed by atoms with Crippen LogP contribution in [0, 0.1) is 0 Å². The molecule has 0 bridgehead atoms. The van der Waals surface area contributed by atoms with E-state index < -0.39 is 26.6 Å². The van der Waals surface area contributed by atoms with E-state index in [4.69, 9.17) is 14.8 Å². The summed E-state index contributed by atoms with van der Waals surface area (Å²) in [5.41, 5.74) is 5.35. The van der Waals surface area contributed by atoms with Gasteiger partial charge in [0, 0.05) is 13.0 Å². The SMILES string of the molecule is CC/C=C\C/C=C\C/C=C\C/C=C\C/C=C\C/C=C\CCC(=O)NC(COP(=O)(O)OCCN)C(O)/C=C/CC/C=C/CCCCCCCCCCC. The molecule has 0 aliphatic carbocycles. The summed E-state index contributed by atoms with van der Waals surface area (Å²) in [5, 5.41) is 13.6. The number of carbonyl (C=O) groups is 1. The number of carbonyl (C=O) groups excluding carboxylic acids is 1. The summed E-state index contributed by atoms with van der Waals surface area (Å²) in [5.74, 6) is -0.291. The Balaban J connectivity index is 4.48. The Morgan fingerprint density at radius 1 is 0.642 bits per heavy atom. The Bertz CT molecular complexity index is 1140. The molecular weight excluding hydrogens is 683 g/mol. The third-order valence-electron chi connectivity index (χ3n) is 8.16. The molecule has 302 valence electrons. The van der Waals surface area contributed by atoms with Crippen LogP contribution in [0.15, 0.2) is 97.2 Å². The number of nitrogens with two attached hydrogens (primary N) is 1. The van der Waals surface area contributed by atoms with Gasteiger partial charge in [-0.3, -0.25) is 13.8 Å². The summed E-state index contributed by atoms with van der Waals surface area (Å²) in [6, 6.07) is -0.923. The first-order valence-corrected chi connectivity index (χ1v) is 21.9. The number of hydrogen-bond acceptors (Lipinski definition) is 6. The highest BCUT2D eigenvalue weighted by Crippen LogP contribution is 2.43. The van der Waals surface area contributed by atoms with Crippen LogP contribution in [-0.4, -0.2) is 47.8 Å². The minimum absolute atomic E-state index is 0.0572. The molecule has 0 aliphatic rings. The Kier molecular flexibility index (Phi) is 37.2. The molecule has 0 saturated heterocycles. The summed E-state index contributed by atoms with van der Waals surface area (Å²) in [6.45, 7) is 3.91. The van der Waals surface area contributed by atoms with Crippen molar-refractivity contribution in [1.82, 2.24) is 5.32 Å². The topological polar surface area (TPSA) is 131 Å². The second kappa shape index (κ2) is 39.1. The van der Waals surface area contributed by atoms with Crippen LogP contribution >= 0.6 is 7.82 Å². The maximum Gasteiger partial charge on any atom is 0.472 e. The molecule has 8 nitrogen and oxygen atoms in total. The number of allylic oxidation sites excluding steroid dienone is 15. The maximum absolute atomic E-state index is 12.7. The molecule has 0 aromatic heterocycles. The van der Waals surface area contributed by atoms with Crippen LogP contribution in [-0.2, 0) is 18.4 Å². The molecule has 0 spiro atoms. The Hall–Kier alpha value is -2.58. The van der Waals surface area contributed by atoms with E-state index in [0.29, 0.717) is 6.42 Å². The van der Waals surface area contributed by atoms with Crippen molar-refractivity contribution < 1.29 is 28.4 Å². The predicted molar refractivity (Wildman–Crippen MR) is 226 cm³/mol. The van der Waals surface area contributed by atoms with Gasteiger partial charge in [0.1, 0.15) is 0 Å². The predicted octanol–water partition coefficient (Wildman–Crippen LogP) is 11.2. The Morgan fingerprint density at radius 3 is 1.66 bits per heavy atom. The van der Waals surface area contributed by atoms with Gasteiger partial charge in [0.25, 0.3) is 0 Å². The van der Waals surface area contributed by atoms with E-state index in [9.17, 15) is 19.4 Å². The van der Waals surface area contributed by atoms with Gasteiger partial charge >= 0.3 is 7.82 Å². The average molecular weight is 759 g/mol. The van der Waals surface area contributed by atoms with Crippen molar-refractivity contribution in [2.24, 2.45) is 5.73 Å². The zero-order valence-electron chi connectivity index (χ0n) is 33.2. The molecule has 0 saturated carbocycles. The van der Waals surface area contributed by atoms with E-state index in [0.717, 1.165) is 57.8 Å². The molecule has 0 aromatic carbocycles. The minimum atomic E-state index is -4.37. The van der Waals surface area contributed by atoms with Gasteiger partial charge < -0.3 is 21.1 Å². The van der Waals surface area contributed by atoms with Crippen LogP contribution in [0.2, 0.25) is 0 Å². The normalized spacial score (nSPS) is 15.2. The van der Waals surface area contributed by atoms with Crippen LogP contribution in [0.3, 0.4) is 0 Å². The Labute approximate surface area is 323 Å². The largest absolute Gasteiger partial charge is 0.472 e. The molecule has 0 heterocycles. The standard InChI is InChI=1S/C44H75N2O6P/c1-3-5-7-9-11-13-15-17-19-20-21-22-24-26-28-30-32-34-36-38-44(48)46-42(41-52-53(49,50)51-40-39-45)43(47)37-35-33-31-29-27-25-23-18-16-14-12-10-8-6-4-2/h5,7,11,13,17,19,21-22,26-29,32,34-35,37,42-43,47H,3-4,6,8-10,12,14-16,18,20,23-25,30-31,33,36,38-41,45H2,1-2H3,(H,46,48)(H,49,50)/b7-5-,13-11-,19-17-,22-21-,28-26-,29-27+,34-32-,37-35+. The van der Waals surface area contributed by atoms with Crippen molar-refractivity contribution in [1.29, 1.82) is 0 Å². The summed E-state index contributed by atoms with van der Waals surface area (Å²) in [6.07, 6.45) is 53.3. The fourth-order valence-electron chi connectivity index (χ4n) is 5.11. The molecule has 9 heteroatoms. The van der Waals surface area contributed by atoms with Crippen molar-refractivity contribution >= 4 is 13.7 Å². The summed E-state index contributed by atoms with van der Waals surface area (Å²) in [7, 11) is -4.37. The van der Waals surface area contributed by atoms with Gasteiger partial charge in [0.05, 0.1) is 25.4 Å². The van der Waals surface area contributed by atoms with Crippen LogP contribution in [0.5, 0.6) is 0 Å². The van der Waals surface area contributed by atoms with Gasteiger partial charge in [-0.1, -0.05) is 162 Å². The zero-order chi connectivity index (χ0) is 38.9. The van der Waals surface area contributed by atoms with Crippen molar-refractivity contribution in [2.45, 2.75) is 154 Å². The number of phosphoric acid groups is 1. The smallest absolute Gasteiger partial charge is 0.387 e. The lowest BCUT2D eigenvalue weighted by atomic mass is 10.1. The number of amides is 1. The van der Waals surface area contributed by atoms with E-state index >= 15 is 0 Å². The van der Waals surface area contributed by atoms with Crippen molar-refractivity contribution in [2.75, 3.05) is 19.8 Å². The van der Waals surface area contributed by atoms with Crippen LogP contribution in [0.25, 0.3) is 0 Å². The van der Waals surface area contributed by atoms with E-state index in [-0.39, 0.29) is 25.5 Å². The summed E-state index contributed by atoms with van der Waals surface area (Å²) >= 11 is 0. The maximum atomic E-state index is 12.7. The molecule has 3 atom stereocenters. The molecule has 0 radical (unpaired) electrons. The highest BCUT2D eigenvalue weighted by Gasteiger charge is 2.26. The fourth-order valence-corrected chi connectivity index (χ4v) is 5.87. The van der Waals surface area contributed by atoms with Crippen LogP contribution < -0.4 is 11.1 Å². The first-order chi connectivity index (χ1) is 25.9. The number of rotatable bonds is 36. The van der Waals surface area contributed by atoms with Gasteiger partial charge in [0.2, 0.25) is 5.91 Å². The second-order valence-corrected chi connectivity index (χ2v) is 14.6. The molecule has 0 aliphatic heterocycles. The molecule has 5 N–H and O–H groups in total. The number of aliphatic hydroxyl groups is 1. The third kappa shape index (κ3) is 37.5. The van der Waals surface area contributed by atoms with E-state index in [1.54, 1.807) is 6.08 Å². The Morgan fingerprint density at radius 2 is 1.11 bits per heavy atom. The van der Waals surface area contributed by atoms with Crippen molar-refractivity contribution in [3.8, 4) is 0 Å². The number of aliphatic hydroxyl groups excluding tert-OH is 1. The minimum Gasteiger partial charge on any atom is -0.387 e. The van der Waals surface area contributed by atoms with Crippen LogP contribution in [0.4, 0.5) is 0 Å². The number of hydrogen-bond donors (Lipinski definition) is 4. The van der Waals surface area contributed by atoms with E-state index in [2.05, 4.69) is 92.1 Å². The molecule has 1 amide bonds. The fraction of sp³-hybridized carbons (Fsp3) is 0.614. The lowest BCUT2D eigenvalue weighted by molar-refractivity contribution is -0.122. The first-order valence-electron chi connectivity index (χ1n) is 20.4. The molecule has 53 heavy (non-hydrogen) atoms. The van der Waals surface area contributed by atoms with E-state index in [1.165, 1.54) is 57.8 Å². The number of phosphoric ester groups is 1. The van der Waals surface area contributed by atoms with Gasteiger partial charge in [-0.05, 0) is 70.6 Å². The summed E-state index contributed by atoms with van der Waals surface area (Å²) in [4.78, 5) is 22.6. The quantitative estimate of drug-likeness (QED) is 0.0284. The zero-order valence-corrected chi connectivity index (χ0v) is 34.1. The molecule has 3 unspecified atom stereocenters. The van der Waals surface area contributed by atoms with Gasteiger partial charge in [0.15, 0.2) is 0 Å². The van der Waals surface area contributed by atoms with Crippen LogP contribution in [0.1, 0.15) is 142 Å². The molecule has 0 aromatic rings. The second-order valence-electron chi connectivity index (χ2n) is 13.1. The average Bonchev–Trinajstić information content (AvgIpc) is 3.14. The van der Waals surface area contributed by atoms with Gasteiger partial charge in [-0.15, -0.1) is 0 Å². The lowest BCUT2D eigenvalue weighted by Crippen LogP contribution is -2.45. The van der Waals surface area contributed by atoms with E-state index in [1.807, 2.05) is 18.2 Å². The highest BCUT2D eigenvalue weighted by atomic mass is 31.2. The third-order valence-corrected chi connectivity index (χ3v) is 9.14. The van der Waals surface area contributed by atoms with Crippen molar-refractivity contribution in [3.05, 3.63) is 97.2 Å². The monoisotopic (exact) mass is 759 g/mol. The number of unbranched alkanes of at least 4 members (excludes halogenated alkanes) is 10. The molecule has 0 rings (SSSR count). The highest BCUT2D eigenvalue weighted by molar-refractivity contribution is 7.47. The van der Waals surface area contributed by atoms with Gasteiger partial charge in [-0.25, -0.2) is 4.57 Å². The van der Waals surface area contributed by atoms with Crippen molar-refractivity contribution in [3.63, 3.8) is 0 Å².